The lowest BCUT2D eigenvalue weighted by Gasteiger charge is -2.41. The number of benzene rings is 1. The molecule has 2 saturated heterocycles. The molecule has 0 radical (unpaired) electrons. The molecule has 4 rings (SSSR count). The minimum atomic E-state index is -0.506. The van der Waals surface area contributed by atoms with Crippen LogP contribution in [0.3, 0.4) is 0 Å². The van der Waals surface area contributed by atoms with Gasteiger partial charge in [-0.3, -0.25) is 9.59 Å². The minimum absolute atomic E-state index is 0.0124. The highest BCUT2D eigenvalue weighted by Gasteiger charge is 2.43. The van der Waals surface area contributed by atoms with E-state index in [1.165, 1.54) is 0 Å². The summed E-state index contributed by atoms with van der Waals surface area (Å²) in [4.78, 5) is 30.0. The summed E-state index contributed by atoms with van der Waals surface area (Å²) in [5.74, 6) is 0.845. The van der Waals surface area contributed by atoms with Gasteiger partial charge in [0.1, 0.15) is 23.6 Å². The fraction of sp³-hybridized carbons (Fsp3) is 0.636. The van der Waals surface area contributed by atoms with Gasteiger partial charge in [0.25, 0.3) is 5.91 Å². The molecule has 8 heteroatoms. The average molecular weight is 418 g/mol. The highest BCUT2D eigenvalue weighted by atomic mass is 16.5. The van der Waals surface area contributed by atoms with Crippen molar-refractivity contribution in [3.63, 3.8) is 0 Å². The number of fused-ring (bicyclic) bond motifs is 1. The fourth-order valence-electron chi connectivity index (χ4n) is 4.46. The number of nitrogens with zero attached hydrogens (tertiary/aromatic N) is 2. The summed E-state index contributed by atoms with van der Waals surface area (Å²) in [5, 5.41) is 3.02. The Bertz CT molecular complexity index is 785. The van der Waals surface area contributed by atoms with E-state index in [-0.39, 0.29) is 24.4 Å². The monoisotopic (exact) mass is 417 g/mol. The summed E-state index contributed by atoms with van der Waals surface area (Å²) in [5.41, 5.74) is -0.0333. The van der Waals surface area contributed by atoms with Gasteiger partial charge >= 0.3 is 0 Å². The number of rotatable bonds is 4. The lowest BCUT2D eigenvalue weighted by Crippen LogP contribution is -2.55. The van der Waals surface area contributed by atoms with Gasteiger partial charge in [-0.1, -0.05) is 0 Å². The number of carbonyl (C=O) groups is 2. The molecule has 1 N–H and O–H groups in total. The molecule has 8 nitrogen and oxygen atoms in total. The molecular weight excluding hydrogens is 386 g/mol. The molecule has 3 aliphatic heterocycles. The van der Waals surface area contributed by atoms with E-state index in [0.29, 0.717) is 30.2 Å². The zero-order valence-electron chi connectivity index (χ0n) is 17.8. The second-order valence-electron chi connectivity index (χ2n) is 8.59. The predicted molar refractivity (Wildman–Crippen MR) is 111 cm³/mol. The molecule has 3 heterocycles. The largest absolute Gasteiger partial charge is 0.497 e. The van der Waals surface area contributed by atoms with Gasteiger partial charge < -0.3 is 29.3 Å². The molecule has 1 unspecified atom stereocenters. The zero-order valence-corrected chi connectivity index (χ0v) is 17.8. The van der Waals surface area contributed by atoms with Crippen LogP contribution in [0.5, 0.6) is 11.5 Å². The van der Waals surface area contributed by atoms with Crippen LogP contribution in [0.25, 0.3) is 0 Å². The standard InChI is InChI=1S/C22H31N3O5/c1-24-9-7-22(8-10-24)15-25(13-20(26)23-16-4-3-11-29-14-16)21(27)18-6-5-17(28-2)12-19(18)30-22/h5-6,12,16H,3-4,7-11,13-15H2,1-2H3,(H,23,26). The molecule has 0 aromatic heterocycles. The molecular formula is C22H31N3O5. The summed E-state index contributed by atoms with van der Waals surface area (Å²) >= 11 is 0. The first kappa shape index (κ1) is 20.9. The molecule has 1 aromatic rings. The Morgan fingerprint density at radius 1 is 1.33 bits per heavy atom. The summed E-state index contributed by atoms with van der Waals surface area (Å²) in [7, 11) is 3.68. The van der Waals surface area contributed by atoms with Crippen molar-refractivity contribution >= 4 is 11.8 Å². The number of methoxy groups -OCH3 is 1. The van der Waals surface area contributed by atoms with E-state index < -0.39 is 5.60 Å². The number of hydrogen-bond donors (Lipinski definition) is 1. The fourth-order valence-corrected chi connectivity index (χ4v) is 4.46. The van der Waals surface area contributed by atoms with E-state index in [4.69, 9.17) is 14.2 Å². The zero-order chi connectivity index (χ0) is 21.1. The van der Waals surface area contributed by atoms with Crippen LogP contribution in [-0.4, -0.2) is 86.8 Å². The van der Waals surface area contributed by atoms with Crippen LogP contribution >= 0.6 is 0 Å². The van der Waals surface area contributed by atoms with E-state index in [0.717, 1.165) is 45.4 Å². The van der Waals surface area contributed by atoms with Gasteiger partial charge in [0.15, 0.2) is 0 Å². The number of nitrogens with one attached hydrogen (secondary N) is 1. The van der Waals surface area contributed by atoms with Gasteiger partial charge in [-0.2, -0.15) is 0 Å². The first-order chi connectivity index (χ1) is 14.5. The highest BCUT2D eigenvalue weighted by molar-refractivity contribution is 5.99. The maximum Gasteiger partial charge on any atom is 0.258 e. The Hall–Kier alpha value is -2.32. The normalized spacial score (nSPS) is 24.0. The second-order valence-corrected chi connectivity index (χ2v) is 8.59. The Balaban J connectivity index is 1.56. The number of amides is 2. The van der Waals surface area contributed by atoms with Crippen LogP contribution in [0.15, 0.2) is 18.2 Å². The Labute approximate surface area is 177 Å². The Morgan fingerprint density at radius 2 is 2.13 bits per heavy atom. The van der Waals surface area contributed by atoms with Gasteiger partial charge in [-0.25, -0.2) is 0 Å². The van der Waals surface area contributed by atoms with Crippen molar-refractivity contribution in [2.75, 3.05) is 53.6 Å². The van der Waals surface area contributed by atoms with Gasteiger partial charge in [0.05, 0.1) is 31.9 Å². The molecule has 2 fully saturated rings. The first-order valence-corrected chi connectivity index (χ1v) is 10.7. The van der Waals surface area contributed by atoms with Crippen LogP contribution in [0.1, 0.15) is 36.0 Å². The van der Waals surface area contributed by atoms with Crippen molar-refractivity contribution in [2.45, 2.75) is 37.3 Å². The lowest BCUT2D eigenvalue weighted by molar-refractivity contribution is -0.124. The van der Waals surface area contributed by atoms with Crippen LogP contribution in [0, 0.1) is 0 Å². The van der Waals surface area contributed by atoms with Crippen LogP contribution in [-0.2, 0) is 9.53 Å². The van der Waals surface area contributed by atoms with E-state index in [1.807, 2.05) is 0 Å². The number of likely N-dealkylation sites (tertiary alicyclic amines) is 1. The van der Waals surface area contributed by atoms with Crippen molar-refractivity contribution in [3.05, 3.63) is 23.8 Å². The number of piperidine rings is 1. The third-order valence-corrected chi connectivity index (χ3v) is 6.27. The smallest absolute Gasteiger partial charge is 0.258 e. The number of ether oxygens (including phenoxy) is 3. The van der Waals surface area contributed by atoms with E-state index in [2.05, 4.69) is 17.3 Å². The molecule has 1 spiro atoms. The van der Waals surface area contributed by atoms with E-state index in [9.17, 15) is 9.59 Å². The molecule has 3 aliphatic rings. The minimum Gasteiger partial charge on any atom is -0.497 e. The van der Waals surface area contributed by atoms with E-state index >= 15 is 0 Å². The topological polar surface area (TPSA) is 80.3 Å². The molecule has 0 bridgehead atoms. The van der Waals surface area contributed by atoms with Crippen molar-refractivity contribution in [1.29, 1.82) is 0 Å². The second kappa shape index (κ2) is 8.81. The average Bonchev–Trinajstić information content (AvgIpc) is 2.85. The Kier molecular flexibility index (Phi) is 6.15. The number of carbonyl (C=O) groups excluding carboxylic acids is 2. The molecule has 0 aliphatic carbocycles. The van der Waals surface area contributed by atoms with Crippen molar-refractivity contribution in [3.8, 4) is 11.5 Å². The van der Waals surface area contributed by atoms with Crippen LogP contribution in [0.2, 0.25) is 0 Å². The third-order valence-electron chi connectivity index (χ3n) is 6.27. The van der Waals surface area contributed by atoms with E-state index in [1.54, 1.807) is 30.2 Å². The molecule has 0 saturated carbocycles. The molecule has 164 valence electrons. The highest BCUT2D eigenvalue weighted by Crippen LogP contribution is 2.37. The van der Waals surface area contributed by atoms with Crippen molar-refractivity contribution < 1.29 is 23.8 Å². The van der Waals surface area contributed by atoms with Crippen LogP contribution in [0.4, 0.5) is 0 Å². The van der Waals surface area contributed by atoms with Crippen molar-refractivity contribution in [2.24, 2.45) is 0 Å². The summed E-state index contributed by atoms with van der Waals surface area (Å²) < 4.78 is 17.3. The maximum absolute atomic E-state index is 13.3. The molecule has 2 amide bonds. The molecule has 30 heavy (non-hydrogen) atoms. The summed E-state index contributed by atoms with van der Waals surface area (Å²) in [6.07, 6.45) is 3.43. The quantitative estimate of drug-likeness (QED) is 0.795. The van der Waals surface area contributed by atoms with Crippen LogP contribution < -0.4 is 14.8 Å². The first-order valence-electron chi connectivity index (χ1n) is 10.7. The third kappa shape index (κ3) is 4.54. The SMILES string of the molecule is COc1ccc2c(c1)OC1(CCN(C)CC1)CN(CC(=O)NC1CCCOC1)C2=O. The van der Waals surface area contributed by atoms with Crippen molar-refractivity contribution in [1.82, 2.24) is 15.1 Å². The van der Waals surface area contributed by atoms with Gasteiger partial charge in [0.2, 0.25) is 5.91 Å². The Morgan fingerprint density at radius 3 is 2.83 bits per heavy atom. The van der Waals surface area contributed by atoms with Gasteiger partial charge in [-0.15, -0.1) is 0 Å². The van der Waals surface area contributed by atoms with Gasteiger partial charge in [0, 0.05) is 38.6 Å². The number of hydrogen-bond acceptors (Lipinski definition) is 6. The maximum atomic E-state index is 13.3. The summed E-state index contributed by atoms with van der Waals surface area (Å²) in [6, 6.07) is 5.27. The summed E-state index contributed by atoms with van der Waals surface area (Å²) in [6.45, 7) is 3.44. The lowest BCUT2D eigenvalue weighted by atomic mass is 9.90. The molecule has 1 aromatic carbocycles. The molecule has 1 atom stereocenters. The van der Waals surface area contributed by atoms with Gasteiger partial charge in [-0.05, 0) is 32.0 Å². The predicted octanol–water partition coefficient (Wildman–Crippen LogP) is 1.29.